The number of hydrogen-bond donors (Lipinski definition) is 1. The zero-order valence-electron chi connectivity index (χ0n) is 16.5. The smallest absolute Gasteiger partial charge is 0.233 e. The van der Waals surface area contributed by atoms with Crippen molar-refractivity contribution in [3.63, 3.8) is 0 Å². The SMILES string of the molecule is Cc1ccc(OCc2nnc(SCC(=O)N(CCC#N)CCC#N)n2N)c(C)c1. The Labute approximate surface area is 174 Å². The van der Waals surface area contributed by atoms with Gasteiger partial charge in [-0.15, -0.1) is 10.2 Å². The summed E-state index contributed by atoms with van der Waals surface area (Å²) in [4.78, 5) is 13.9. The molecule has 0 spiro atoms. The van der Waals surface area contributed by atoms with Gasteiger partial charge in [0.15, 0.2) is 5.82 Å². The molecule has 0 unspecified atom stereocenters. The van der Waals surface area contributed by atoms with Crippen LogP contribution in [0.25, 0.3) is 0 Å². The molecule has 0 radical (unpaired) electrons. The zero-order valence-corrected chi connectivity index (χ0v) is 17.3. The molecule has 9 nitrogen and oxygen atoms in total. The topological polar surface area (TPSA) is 134 Å². The van der Waals surface area contributed by atoms with Gasteiger partial charge in [-0.3, -0.25) is 4.79 Å². The average Bonchev–Trinajstić information content (AvgIpc) is 3.05. The second-order valence-corrected chi connectivity index (χ2v) is 7.25. The van der Waals surface area contributed by atoms with Gasteiger partial charge in [0.25, 0.3) is 0 Å². The molecule has 0 saturated carbocycles. The van der Waals surface area contributed by atoms with Gasteiger partial charge in [-0.1, -0.05) is 29.5 Å². The second kappa shape index (κ2) is 10.9. The number of nitrogens with zero attached hydrogens (tertiary/aromatic N) is 6. The van der Waals surface area contributed by atoms with Crippen LogP contribution in [0.15, 0.2) is 23.4 Å². The van der Waals surface area contributed by atoms with Crippen molar-refractivity contribution in [3.05, 3.63) is 35.2 Å². The van der Waals surface area contributed by atoms with E-state index < -0.39 is 0 Å². The fraction of sp³-hybridized carbons (Fsp3) is 0.421. The molecule has 2 N–H and O–H groups in total. The van der Waals surface area contributed by atoms with Crippen LogP contribution < -0.4 is 10.6 Å². The van der Waals surface area contributed by atoms with E-state index >= 15 is 0 Å². The van der Waals surface area contributed by atoms with Crippen LogP contribution in [-0.2, 0) is 11.4 Å². The first-order valence-corrected chi connectivity index (χ1v) is 9.98. The normalized spacial score (nSPS) is 10.2. The van der Waals surface area contributed by atoms with Gasteiger partial charge in [0.1, 0.15) is 12.4 Å². The Balaban J connectivity index is 1.93. The van der Waals surface area contributed by atoms with Gasteiger partial charge in [0, 0.05) is 13.1 Å². The minimum absolute atomic E-state index is 0.0874. The minimum atomic E-state index is -0.184. The first-order valence-electron chi connectivity index (χ1n) is 9.00. The predicted molar refractivity (Wildman–Crippen MR) is 108 cm³/mol. The molecule has 152 valence electrons. The highest BCUT2D eigenvalue weighted by molar-refractivity contribution is 7.99. The van der Waals surface area contributed by atoms with Crippen molar-refractivity contribution in [2.75, 3.05) is 24.7 Å². The molecule has 1 aromatic carbocycles. The lowest BCUT2D eigenvalue weighted by atomic mass is 10.1. The van der Waals surface area contributed by atoms with E-state index in [9.17, 15) is 4.79 Å². The molecule has 1 heterocycles. The summed E-state index contributed by atoms with van der Waals surface area (Å²) in [7, 11) is 0. The summed E-state index contributed by atoms with van der Waals surface area (Å²) < 4.78 is 7.08. The highest BCUT2D eigenvalue weighted by Crippen LogP contribution is 2.21. The largest absolute Gasteiger partial charge is 0.485 e. The van der Waals surface area contributed by atoms with E-state index in [4.69, 9.17) is 21.1 Å². The number of amides is 1. The summed E-state index contributed by atoms with van der Waals surface area (Å²) in [6.45, 7) is 4.72. The molecular weight excluding hydrogens is 390 g/mol. The van der Waals surface area contributed by atoms with Gasteiger partial charge >= 0.3 is 0 Å². The van der Waals surface area contributed by atoms with Gasteiger partial charge in [-0.05, 0) is 25.5 Å². The molecule has 2 aromatic rings. The fourth-order valence-electron chi connectivity index (χ4n) is 2.56. The summed E-state index contributed by atoms with van der Waals surface area (Å²) in [6, 6.07) is 9.90. The van der Waals surface area contributed by atoms with E-state index in [-0.39, 0.29) is 31.1 Å². The van der Waals surface area contributed by atoms with Gasteiger partial charge in [0.05, 0.1) is 30.7 Å². The number of carbonyl (C=O) groups is 1. The van der Waals surface area contributed by atoms with Gasteiger partial charge < -0.3 is 15.5 Å². The summed E-state index contributed by atoms with van der Waals surface area (Å²) in [5.74, 6) is 7.12. The average molecular weight is 414 g/mol. The van der Waals surface area contributed by atoms with Crippen LogP contribution in [0, 0.1) is 36.5 Å². The third-order valence-electron chi connectivity index (χ3n) is 4.09. The Morgan fingerprint density at radius 1 is 1.24 bits per heavy atom. The lowest BCUT2D eigenvalue weighted by molar-refractivity contribution is -0.128. The van der Waals surface area contributed by atoms with Crippen LogP contribution in [0.3, 0.4) is 0 Å². The number of ether oxygens (including phenoxy) is 1. The maximum absolute atomic E-state index is 12.4. The first-order chi connectivity index (χ1) is 14.0. The predicted octanol–water partition coefficient (Wildman–Crippen LogP) is 1.94. The molecule has 2 rings (SSSR count). The number of aryl methyl sites for hydroxylation is 2. The Bertz CT molecular complexity index is 912. The summed E-state index contributed by atoms with van der Waals surface area (Å²) in [5.41, 5.74) is 2.17. The molecule has 0 bridgehead atoms. The van der Waals surface area contributed by atoms with Crippen molar-refractivity contribution in [2.45, 2.75) is 38.5 Å². The van der Waals surface area contributed by atoms with Crippen LogP contribution in [0.1, 0.15) is 29.8 Å². The van der Waals surface area contributed by atoms with Gasteiger partial charge in [0.2, 0.25) is 11.1 Å². The number of nitrogens with two attached hydrogens (primary N) is 1. The highest BCUT2D eigenvalue weighted by atomic mass is 32.2. The van der Waals surface area contributed by atoms with Crippen molar-refractivity contribution in [2.24, 2.45) is 0 Å². The standard InChI is InChI=1S/C19H23N7O2S/c1-14-5-6-16(15(2)11-14)28-12-17-23-24-19(26(17)22)29-13-18(27)25(9-3-7-20)10-4-8-21/h5-6,11H,3-4,9-10,12-13,22H2,1-2H3. The van der Waals surface area contributed by atoms with Gasteiger partial charge in [-0.2, -0.15) is 10.5 Å². The highest BCUT2D eigenvalue weighted by Gasteiger charge is 2.17. The lowest BCUT2D eigenvalue weighted by Gasteiger charge is -2.19. The summed E-state index contributed by atoms with van der Waals surface area (Å²) >= 11 is 1.15. The third-order valence-corrected chi connectivity index (χ3v) is 5.01. The molecular formula is C19H23N7O2S. The Morgan fingerprint density at radius 3 is 2.55 bits per heavy atom. The van der Waals surface area contributed by atoms with E-state index in [1.807, 2.05) is 44.2 Å². The Morgan fingerprint density at radius 2 is 1.93 bits per heavy atom. The number of thioether (sulfide) groups is 1. The lowest BCUT2D eigenvalue weighted by Crippen LogP contribution is -2.34. The number of carbonyl (C=O) groups excluding carboxylic acids is 1. The van der Waals surface area contributed by atoms with Crippen LogP contribution >= 0.6 is 11.8 Å². The first kappa shape index (κ1) is 22.1. The second-order valence-electron chi connectivity index (χ2n) is 6.31. The third kappa shape index (κ3) is 6.40. The van der Waals surface area contributed by atoms with E-state index in [1.54, 1.807) is 0 Å². The number of nitrogen functional groups attached to an aromatic ring is 1. The summed E-state index contributed by atoms with van der Waals surface area (Å²) in [5, 5.41) is 25.9. The van der Waals surface area contributed by atoms with Crippen molar-refractivity contribution in [1.29, 1.82) is 10.5 Å². The molecule has 29 heavy (non-hydrogen) atoms. The number of nitriles is 2. The van der Waals surface area contributed by atoms with Crippen molar-refractivity contribution in [1.82, 2.24) is 19.8 Å². The number of aromatic nitrogens is 3. The monoisotopic (exact) mass is 413 g/mol. The van der Waals surface area contributed by atoms with E-state index in [0.29, 0.717) is 24.1 Å². The Kier molecular flexibility index (Phi) is 8.31. The molecule has 0 aliphatic heterocycles. The number of hydrogen-bond acceptors (Lipinski definition) is 8. The molecule has 1 aromatic heterocycles. The van der Waals surface area contributed by atoms with Crippen LogP contribution in [0.2, 0.25) is 0 Å². The molecule has 1 amide bonds. The van der Waals surface area contributed by atoms with Crippen LogP contribution in [0.4, 0.5) is 0 Å². The molecule has 0 aliphatic carbocycles. The van der Waals surface area contributed by atoms with Crippen molar-refractivity contribution in [3.8, 4) is 17.9 Å². The summed E-state index contributed by atoms with van der Waals surface area (Å²) in [6.07, 6.45) is 0.434. The maximum Gasteiger partial charge on any atom is 0.233 e. The van der Waals surface area contributed by atoms with Crippen LogP contribution in [0.5, 0.6) is 5.75 Å². The van der Waals surface area contributed by atoms with Crippen molar-refractivity contribution < 1.29 is 9.53 Å². The number of rotatable bonds is 10. The molecule has 0 atom stereocenters. The minimum Gasteiger partial charge on any atom is -0.485 e. The van der Waals surface area contributed by atoms with E-state index in [0.717, 1.165) is 28.6 Å². The quantitative estimate of drug-likeness (QED) is 0.461. The van der Waals surface area contributed by atoms with Gasteiger partial charge in [-0.25, -0.2) is 4.68 Å². The van der Waals surface area contributed by atoms with Crippen LogP contribution in [-0.4, -0.2) is 44.5 Å². The van der Waals surface area contributed by atoms with E-state index in [2.05, 4.69) is 10.2 Å². The number of benzene rings is 1. The molecule has 0 aliphatic rings. The zero-order chi connectivity index (χ0) is 21.2. The van der Waals surface area contributed by atoms with Crippen molar-refractivity contribution >= 4 is 17.7 Å². The molecule has 0 fully saturated rings. The fourth-order valence-corrected chi connectivity index (χ4v) is 3.33. The maximum atomic E-state index is 12.4. The van der Waals surface area contributed by atoms with E-state index in [1.165, 1.54) is 9.58 Å². The molecule has 10 heteroatoms. The molecule has 0 saturated heterocycles. The Hall–Kier alpha value is -3.24.